The van der Waals surface area contributed by atoms with Crippen molar-refractivity contribution in [2.75, 3.05) is 26.3 Å². The molecule has 1 aliphatic heterocycles. The Balaban J connectivity index is 1.92. The van der Waals surface area contributed by atoms with Gasteiger partial charge in [0.15, 0.2) is 0 Å². The number of morpholine rings is 1. The van der Waals surface area contributed by atoms with Crippen molar-refractivity contribution in [3.63, 3.8) is 0 Å². The van der Waals surface area contributed by atoms with Gasteiger partial charge in [0, 0.05) is 19.1 Å². The molecule has 0 aromatic heterocycles. The van der Waals surface area contributed by atoms with Crippen LogP contribution in [-0.4, -0.2) is 43.3 Å². The van der Waals surface area contributed by atoms with Crippen molar-refractivity contribution in [3.05, 3.63) is 29.3 Å². The van der Waals surface area contributed by atoms with E-state index in [0.717, 1.165) is 25.4 Å². The first kappa shape index (κ1) is 14.4. The Bertz CT molecular complexity index is 397. The predicted molar refractivity (Wildman–Crippen MR) is 77.9 cm³/mol. The first-order valence-electron chi connectivity index (χ1n) is 7.12. The Hall–Kier alpha value is -1.06. The van der Waals surface area contributed by atoms with Crippen LogP contribution >= 0.6 is 0 Å². The topological polar surface area (TPSA) is 21.7 Å². The van der Waals surface area contributed by atoms with E-state index in [1.165, 1.54) is 11.1 Å². The second kappa shape index (κ2) is 6.40. The number of benzene rings is 1. The minimum absolute atomic E-state index is 0.176. The molecule has 0 saturated carbocycles. The number of aryl methyl sites for hydroxylation is 2. The fourth-order valence-corrected chi connectivity index (χ4v) is 2.52. The highest BCUT2D eigenvalue weighted by Gasteiger charge is 2.23. The summed E-state index contributed by atoms with van der Waals surface area (Å²) >= 11 is 0. The van der Waals surface area contributed by atoms with Crippen molar-refractivity contribution in [2.24, 2.45) is 0 Å². The number of ether oxygens (including phenoxy) is 2. The second-order valence-corrected chi connectivity index (χ2v) is 5.61. The van der Waals surface area contributed by atoms with E-state index in [1.54, 1.807) is 0 Å². The van der Waals surface area contributed by atoms with Gasteiger partial charge in [0.2, 0.25) is 0 Å². The lowest BCUT2D eigenvalue weighted by atomic mass is 10.1. The molecule has 3 nitrogen and oxygen atoms in total. The van der Waals surface area contributed by atoms with Crippen LogP contribution in [0.3, 0.4) is 0 Å². The van der Waals surface area contributed by atoms with Gasteiger partial charge in [-0.05, 0) is 38.8 Å². The standard InChI is InChI=1S/C16H25NO2/c1-12(2)17-8-9-18-15(10-17)11-19-16-13(3)6-5-7-14(16)4/h5-7,12,15H,8-11H2,1-4H3. The van der Waals surface area contributed by atoms with Crippen LogP contribution in [0, 0.1) is 13.8 Å². The Morgan fingerprint density at radius 1 is 1.32 bits per heavy atom. The minimum Gasteiger partial charge on any atom is -0.490 e. The van der Waals surface area contributed by atoms with Crippen LogP contribution in [0.2, 0.25) is 0 Å². The van der Waals surface area contributed by atoms with E-state index in [0.29, 0.717) is 12.6 Å². The maximum atomic E-state index is 5.98. The highest BCUT2D eigenvalue weighted by molar-refractivity contribution is 5.39. The van der Waals surface area contributed by atoms with E-state index in [1.807, 2.05) is 0 Å². The van der Waals surface area contributed by atoms with Crippen LogP contribution < -0.4 is 4.74 Å². The first-order valence-corrected chi connectivity index (χ1v) is 7.12. The molecule has 1 aliphatic rings. The summed E-state index contributed by atoms with van der Waals surface area (Å²) in [6.07, 6.45) is 0.176. The van der Waals surface area contributed by atoms with Gasteiger partial charge in [-0.2, -0.15) is 0 Å². The van der Waals surface area contributed by atoms with E-state index >= 15 is 0 Å². The number of para-hydroxylation sites is 1. The number of hydrogen-bond acceptors (Lipinski definition) is 3. The third-order valence-corrected chi connectivity index (χ3v) is 3.72. The lowest BCUT2D eigenvalue weighted by molar-refractivity contribution is -0.0566. The zero-order valence-electron chi connectivity index (χ0n) is 12.5. The first-order chi connectivity index (χ1) is 9.08. The van der Waals surface area contributed by atoms with Gasteiger partial charge in [0.1, 0.15) is 18.5 Å². The van der Waals surface area contributed by atoms with E-state index in [2.05, 4.69) is 50.8 Å². The van der Waals surface area contributed by atoms with Gasteiger partial charge in [-0.3, -0.25) is 4.90 Å². The summed E-state index contributed by atoms with van der Waals surface area (Å²) in [5.74, 6) is 1.01. The fraction of sp³-hybridized carbons (Fsp3) is 0.625. The minimum atomic E-state index is 0.176. The largest absolute Gasteiger partial charge is 0.490 e. The van der Waals surface area contributed by atoms with Gasteiger partial charge in [0.05, 0.1) is 6.61 Å². The van der Waals surface area contributed by atoms with E-state index in [9.17, 15) is 0 Å². The second-order valence-electron chi connectivity index (χ2n) is 5.61. The summed E-state index contributed by atoms with van der Waals surface area (Å²) in [7, 11) is 0. The van der Waals surface area contributed by atoms with Crippen molar-refractivity contribution >= 4 is 0 Å². The Labute approximate surface area is 116 Å². The molecule has 1 unspecified atom stereocenters. The van der Waals surface area contributed by atoms with Crippen LogP contribution in [0.25, 0.3) is 0 Å². The van der Waals surface area contributed by atoms with Crippen LogP contribution in [0.1, 0.15) is 25.0 Å². The summed E-state index contributed by atoms with van der Waals surface area (Å²) in [6, 6.07) is 6.82. The lowest BCUT2D eigenvalue weighted by Crippen LogP contribution is -2.47. The molecular formula is C16H25NO2. The number of nitrogens with zero attached hydrogens (tertiary/aromatic N) is 1. The van der Waals surface area contributed by atoms with Gasteiger partial charge in [0.25, 0.3) is 0 Å². The molecule has 1 fully saturated rings. The summed E-state index contributed by atoms with van der Waals surface area (Å²) in [5.41, 5.74) is 2.38. The van der Waals surface area contributed by atoms with Gasteiger partial charge < -0.3 is 9.47 Å². The molecule has 19 heavy (non-hydrogen) atoms. The third kappa shape index (κ3) is 3.71. The number of hydrogen-bond donors (Lipinski definition) is 0. The third-order valence-electron chi connectivity index (χ3n) is 3.72. The lowest BCUT2D eigenvalue weighted by Gasteiger charge is -2.35. The zero-order valence-corrected chi connectivity index (χ0v) is 12.5. The molecule has 1 aromatic carbocycles. The van der Waals surface area contributed by atoms with Crippen molar-refractivity contribution < 1.29 is 9.47 Å². The average molecular weight is 263 g/mol. The summed E-state index contributed by atoms with van der Waals surface area (Å²) in [5, 5.41) is 0. The molecule has 1 heterocycles. The van der Waals surface area contributed by atoms with Gasteiger partial charge in [-0.1, -0.05) is 18.2 Å². The van der Waals surface area contributed by atoms with Crippen molar-refractivity contribution in [1.82, 2.24) is 4.90 Å². The molecular weight excluding hydrogens is 238 g/mol. The molecule has 0 aliphatic carbocycles. The SMILES string of the molecule is Cc1cccc(C)c1OCC1CN(C(C)C)CCO1. The predicted octanol–water partition coefficient (Wildman–Crippen LogP) is 2.79. The van der Waals surface area contributed by atoms with Crippen molar-refractivity contribution in [1.29, 1.82) is 0 Å². The molecule has 0 N–H and O–H groups in total. The normalized spacial score (nSPS) is 20.8. The van der Waals surface area contributed by atoms with E-state index in [-0.39, 0.29) is 6.10 Å². The van der Waals surface area contributed by atoms with Crippen LogP contribution in [0.5, 0.6) is 5.75 Å². The number of rotatable bonds is 4. The Kier molecular flexibility index (Phi) is 4.83. The van der Waals surface area contributed by atoms with Crippen LogP contribution in [0.15, 0.2) is 18.2 Å². The zero-order chi connectivity index (χ0) is 13.8. The maximum absolute atomic E-state index is 5.98. The monoisotopic (exact) mass is 263 g/mol. The molecule has 0 spiro atoms. The summed E-state index contributed by atoms with van der Waals surface area (Å²) in [4.78, 5) is 2.45. The van der Waals surface area contributed by atoms with Crippen LogP contribution in [0.4, 0.5) is 0 Å². The summed E-state index contributed by atoms with van der Waals surface area (Å²) in [6.45, 7) is 12.1. The average Bonchev–Trinajstić information content (AvgIpc) is 2.38. The van der Waals surface area contributed by atoms with Gasteiger partial charge in [-0.25, -0.2) is 0 Å². The molecule has 0 radical (unpaired) electrons. The van der Waals surface area contributed by atoms with E-state index < -0.39 is 0 Å². The molecule has 3 heteroatoms. The highest BCUT2D eigenvalue weighted by Crippen LogP contribution is 2.23. The van der Waals surface area contributed by atoms with E-state index in [4.69, 9.17) is 9.47 Å². The van der Waals surface area contributed by atoms with Crippen LogP contribution in [-0.2, 0) is 4.74 Å². The van der Waals surface area contributed by atoms with Crippen molar-refractivity contribution in [2.45, 2.75) is 39.8 Å². The molecule has 0 bridgehead atoms. The van der Waals surface area contributed by atoms with Gasteiger partial charge >= 0.3 is 0 Å². The molecule has 2 rings (SSSR count). The fourth-order valence-electron chi connectivity index (χ4n) is 2.52. The Morgan fingerprint density at radius 2 is 2.00 bits per heavy atom. The quantitative estimate of drug-likeness (QED) is 0.834. The molecule has 1 aromatic rings. The highest BCUT2D eigenvalue weighted by atomic mass is 16.5. The van der Waals surface area contributed by atoms with Crippen molar-refractivity contribution in [3.8, 4) is 5.75 Å². The molecule has 0 amide bonds. The summed E-state index contributed by atoms with van der Waals surface area (Å²) < 4.78 is 11.8. The molecule has 1 saturated heterocycles. The smallest absolute Gasteiger partial charge is 0.125 e. The molecule has 106 valence electrons. The Morgan fingerprint density at radius 3 is 2.63 bits per heavy atom. The maximum Gasteiger partial charge on any atom is 0.125 e. The van der Waals surface area contributed by atoms with Gasteiger partial charge in [-0.15, -0.1) is 0 Å². The molecule has 1 atom stereocenters.